The highest BCUT2D eigenvalue weighted by atomic mass is 35.5. The summed E-state index contributed by atoms with van der Waals surface area (Å²) in [5.41, 5.74) is 2.72. The van der Waals surface area contributed by atoms with Gasteiger partial charge in [-0.05, 0) is 38.5 Å². The zero-order valence-corrected chi connectivity index (χ0v) is 12.7. The molecule has 5 heteroatoms. The fourth-order valence-electron chi connectivity index (χ4n) is 2.18. The smallest absolute Gasteiger partial charge is 0.123 e. The molecule has 1 atom stereocenters. The zero-order chi connectivity index (χ0) is 14.7. The van der Waals surface area contributed by atoms with Crippen molar-refractivity contribution in [1.29, 1.82) is 0 Å². The summed E-state index contributed by atoms with van der Waals surface area (Å²) in [5.74, 6) is -0.219. The van der Waals surface area contributed by atoms with E-state index in [-0.39, 0.29) is 11.9 Å². The van der Waals surface area contributed by atoms with E-state index in [1.807, 2.05) is 31.5 Å². The number of aromatic nitrogens is 2. The van der Waals surface area contributed by atoms with Crippen LogP contribution in [-0.2, 0) is 13.1 Å². The van der Waals surface area contributed by atoms with E-state index in [1.165, 1.54) is 6.07 Å². The summed E-state index contributed by atoms with van der Waals surface area (Å²) >= 11 is 6.26. The van der Waals surface area contributed by atoms with Crippen molar-refractivity contribution < 1.29 is 4.39 Å². The van der Waals surface area contributed by atoms with Crippen molar-refractivity contribution in [3.05, 3.63) is 52.1 Å². The fourth-order valence-corrected chi connectivity index (χ4v) is 2.38. The first-order valence-corrected chi connectivity index (χ1v) is 7.11. The molecule has 0 aliphatic carbocycles. The number of nitrogens with zero attached hydrogens (tertiary/aromatic N) is 2. The monoisotopic (exact) mass is 295 g/mol. The van der Waals surface area contributed by atoms with Crippen molar-refractivity contribution >= 4 is 11.6 Å². The Labute approximate surface area is 123 Å². The van der Waals surface area contributed by atoms with Crippen LogP contribution in [-0.4, -0.2) is 9.78 Å². The van der Waals surface area contributed by atoms with Gasteiger partial charge >= 0.3 is 0 Å². The van der Waals surface area contributed by atoms with Gasteiger partial charge in [0.1, 0.15) is 5.82 Å². The van der Waals surface area contributed by atoms with Gasteiger partial charge in [-0.3, -0.25) is 4.68 Å². The Morgan fingerprint density at radius 2 is 2.20 bits per heavy atom. The maximum absolute atomic E-state index is 13.2. The van der Waals surface area contributed by atoms with E-state index in [2.05, 4.69) is 10.4 Å². The molecule has 2 aromatic rings. The third-order valence-corrected chi connectivity index (χ3v) is 3.87. The van der Waals surface area contributed by atoms with Gasteiger partial charge in [0.2, 0.25) is 0 Å². The highest BCUT2D eigenvalue weighted by Crippen LogP contribution is 2.21. The Morgan fingerprint density at radius 3 is 2.85 bits per heavy atom. The molecule has 1 N–H and O–H groups in total. The summed E-state index contributed by atoms with van der Waals surface area (Å²) in [5, 5.41) is 8.44. The molecule has 0 amide bonds. The molecule has 1 heterocycles. The number of hydrogen-bond donors (Lipinski definition) is 1. The molecule has 0 spiro atoms. The molecule has 0 aliphatic rings. The Morgan fingerprint density at radius 1 is 1.45 bits per heavy atom. The largest absolute Gasteiger partial charge is 0.305 e. The van der Waals surface area contributed by atoms with Crippen molar-refractivity contribution in [2.24, 2.45) is 0 Å². The highest BCUT2D eigenvalue weighted by molar-refractivity contribution is 6.31. The number of benzene rings is 1. The second kappa shape index (κ2) is 6.37. The first-order chi connectivity index (χ1) is 9.52. The molecule has 0 saturated carbocycles. The first kappa shape index (κ1) is 15.0. The quantitative estimate of drug-likeness (QED) is 0.908. The van der Waals surface area contributed by atoms with Crippen LogP contribution in [0.4, 0.5) is 4.39 Å². The van der Waals surface area contributed by atoms with Gasteiger partial charge in [-0.2, -0.15) is 5.10 Å². The van der Waals surface area contributed by atoms with E-state index in [9.17, 15) is 4.39 Å². The Balaban J connectivity index is 2.09. The zero-order valence-electron chi connectivity index (χ0n) is 12.0. The van der Waals surface area contributed by atoms with Crippen LogP contribution >= 0.6 is 11.6 Å². The number of nitrogens with one attached hydrogen (secondary N) is 1. The van der Waals surface area contributed by atoms with E-state index in [0.29, 0.717) is 11.6 Å². The van der Waals surface area contributed by atoms with Crippen LogP contribution in [0.25, 0.3) is 0 Å². The maximum Gasteiger partial charge on any atom is 0.123 e. The summed E-state index contributed by atoms with van der Waals surface area (Å²) in [4.78, 5) is 0. The minimum Gasteiger partial charge on any atom is -0.305 e. The lowest BCUT2D eigenvalue weighted by molar-refractivity contribution is 0.527. The minimum atomic E-state index is -0.219. The van der Waals surface area contributed by atoms with Crippen LogP contribution in [0.5, 0.6) is 0 Å². The molecule has 0 saturated heterocycles. The predicted octanol–water partition coefficient (Wildman–Crippen LogP) is 3.85. The van der Waals surface area contributed by atoms with Gasteiger partial charge in [0.15, 0.2) is 0 Å². The van der Waals surface area contributed by atoms with Crippen LogP contribution in [0.1, 0.15) is 36.8 Å². The van der Waals surface area contributed by atoms with Crippen molar-refractivity contribution in [2.45, 2.75) is 39.9 Å². The van der Waals surface area contributed by atoms with Crippen molar-refractivity contribution in [2.75, 3.05) is 0 Å². The standard InChI is InChI=1S/C15H19ClFN3/c1-4-20-14(15(16)11(3)19-20)9-18-10(2)12-6-5-7-13(17)8-12/h5-8,10,18H,4,9H2,1-3H3/t10-/m0/s1. The normalized spacial score (nSPS) is 12.7. The average molecular weight is 296 g/mol. The van der Waals surface area contributed by atoms with Crippen molar-refractivity contribution in [1.82, 2.24) is 15.1 Å². The third kappa shape index (κ3) is 3.19. The molecule has 2 rings (SSSR count). The van der Waals surface area contributed by atoms with Crippen LogP contribution < -0.4 is 5.32 Å². The number of rotatable bonds is 5. The molecule has 0 aliphatic heterocycles. The average Bonchev–Trinajstić information content (AvgIpc) is 2.71. The predicted molar refractivity (Wildman–Crippen MR) is 79.3 cm³/mol. The summed E-state index contributed by atoms with van der Waals surface area (Å²) < 4.78 is 15.1. The van der Waals surface area contributed by atoms with Gasteiger partial charge < -0.3 is 5.32 Å². The van der Waals surface area contributed by atoms with Gasteiger partial charge in [-0.15, -0.1) is 0 Å². The summed E-state index contributed by atoms with van der Waals surface area (Å²) in [6, 6.07) is 6.66. The number of aryl methyl sites for hydroxylation is 2. The summed E-state index contributed by atoms with van der Waals surface area (Å²) in [6.45, 7) is 7.31. The molecule has 0 radical (unpaired) electrons. The van der Waals surface area contributed by atoms with Crippen LogP contribution in [0.3, 0.4) is 0 Å². The van der Waals surface area contributed by atoms with Gasteiger partial charge in [0, 0.05) is 19.1 Å². The van der Waals surface area contributed by atoms with E-state index < -0.39 is 0 Å². The molecule has 20 heavy (non-hydrogen) atoms. The van der Waals surface area contributed by atoms with Crippen LogP contribution in [0, 0.1) is 12.7 Å². The van der Waals surface area contributed by atoms with Crippen molar-refractivity contribution in [3.8, 4) is 0 Å². The molecule has 3 nitrogen and oxygen atoms in total. The Bertz CT molecular complexity index is 595. The number of hydrogen-bond acceptors (Lipinski definition) is 2. The van der Waals surface area contributed by atoms with Gasteiger partial charge in [-0.25, -0.2) is 4.39 Å². The fraction of sp³-hybridized carbons (Fsp3) is 0.400. The highest BCUT2D eigenvalue weighted by Gasteiger charge is 2.14. The maximum atomic E-state index is 13.2. The number of halogens is 2. The van der Waals surface area contributed by atoms with E-state index in [4.69, 9.17) is 11.6 Å². The molecule has 1 aromatic heterocycles. The van der Waals surface area contributed by atoms with E-state index in [1.54, 1.807) is 12.1 Å². The second-order valence-corrected chi connectivity index (χ2v) is 5.20. The molecule has 108 valence electrons. The molecular weight excluding hydrogens is 277 g/mol. The molecule has 1 aromatic carbocycles. The van der Waals surface area contributed by atoms with E-state index in [0.717, 1.165) is 23.5 Å². The summed E-state index contributed by atoms with van der Waals surface area (Å²) in [6.07, 6.45) is 0. The molecule has 0 unspecified atom stereocenters. The Hall–Kier alpha value is -1.39. The summed E-state index contributed by atoms with van der Waals surface area (Å²) in [7, 11) is 0. The molecule has 0 bridgehead atoms. The SMILES string of the molecule is CCn1nc(C)c(Cl)c1CN[C@@H](C)c1cccc(F)c1. The Kier molecular flexibility index (Phi) is 4.78. The lowest BCUT2D eigenvalue weighted by Gasteiger charge is -2.15. The van der Waals surface area contributed by atoms with E-state index >= 15 is 0 Å². The lowest BCUT2D eigenvalue weighted by Crippen LogP contribution is -2.20. The molecule has 0 fully saturated rings. The van der Waals surface area contributed by atoms with Crippen LogP contribution in [0.2, 0.25) is 5.02 Å². The van der Waals surface area contributed by atoms with Gasteiger partial charge in [0.05, 0.1) is 16.4 Å². The first-order valence-electron chi connectivity index (χ1n) is 6.73. The lowest BCUT2D eigenvalue weighted by atomic mass is 10.1. The van der Waals surface area contributed by atoms with Crippen molar-refractivity contribution in [3.63, 3.8) is 0 Å². The van der Waals surface area contributed by atoms with Gasteiger partial charge in [-0.1, -0.05) is 23.7 Å². The topological polar surface area (TPSA) is 29.9 Å². The molecular formula is C15H19ClFN3. The second-order valence-electron chi connectivity index (χ2n) is 4.82. The van der Waals surface area contributed by atoms with Gasteiger partial charge in [0.25, 0.3) is 0 Å². The third-order valence-electron chi connectivity index (χ3n) is 3.38. The van der Waals surface area contributed by atoms with Crippen LogP contribution in [0.15, 0.2) is 24.3 Å². The minimum absolute atomic E-state index is 0.0438.